The van der Waals surface area contributed by atoms with Gasteiger partial charge < -0.3 is 19.8 Å². The highest BCUT2D eigenvalue weighted by Gasteiger charge is 2.14. The van der Waals surface area contributed by atoms with E-state index in [0.29, 0.717) is 40.2 Å². The summed E-state index contributed by atoms with van der Waals surface area (Å²) < 4.78 is 10.6. The first-order valence-electron chi connectivity index (χ1n) is 8.70. The Kier molecular flexibility index (Phi) is 4.21. The van der Waals surface area contributed by atoms with E-state index < -0.39 is 0 Å². The van der Waals surface area contributed by atoms with Crippen molar-refractivity contribution < 1.29 is 14.3 Å². The molecule has 8 nitrogen and oxygen atoms in total. The maximum absolute atomic E-state index is 12.2. The number of nitrogens with zero attached hydrogens (tertiary/aromatic N) is 3. The number of aromatic nitrogens is 4. The summed E-state index contributed by atoms with van der Waals surface area (Å²) in [7, 11) is 0. The molecule has 28 heavy (non-hydrogen) atoms. The van der Waals surface area contributed by atoms with E-state index in [1.807, 2.05) is 24.3 Å². The molecule has 0 saturated heterocycles. The SMILES string of the molecule is O=C(CCSc1nnc2c(n1)[nH]c1ccccc12)Nc1ccc2c(c1)OCO2. The van der Waals surface area contributed by atoms with Crippen molar-refractivity contribution in [2.45, 2.75) is 11.6 Å². The number of amides is 1. The van der Waals surface area contributed by atoms with Crippen molar-refractivity contribution in [2.75, 3.05) is 17.9 Å². The van der Waals surface area contributed by atoms with E-state index in [1.54, 1.807) is 18.2 Å². The molecule has 4 aromatic rings. The van der Waals surface area contributed by atoms with E-state index in [2.05, 4.69) is 25.5 Å². The summed E-state index contributed by atoms with van der Waals surface area (Å²) in [6.07, 6.45) is 0.327. The highest BCUT2D eigenvalue weighted by Crippen LogP contribution is 2.34. The Morgan fingerprint density at radius 2 is 2.04 bits per heavy atom. The van der Waals surface area contributed by atoms with Gasteiger partial charge in [0.05, 0.1) is 0 Å². The lowest BCUT2D eigenvalue weighted by atomic mass is 10.2. The van der Waals surface area contributed by atoms with Gasteiger partial charge in [-0.1, -0.05) is 30.0 Å². The van der Waals surface area contributed by atoms with Gasteiger partial charge in [0.15, 0.2) is 17.1 Å². The third-order valence-electron chi connectivity index (χ3n) is 4.32. The van der Waals surface area contributed by atoms with Gasteiger partial charge in [-0.3, -0.25) is 4.79 Å². The zero-order valence-electron chi connectivity index (χ0n) is 14.6. The number of aromatic amines is 1. The highest BCUT2D eigenvalue weighted by atomic mass is 32.2. The van der Waals surface area contributed by atoms with Gasteiger partial charge in [-0.25, -0.2) is 4.98 Å². The van der Waals surface area contributed by atoms with Crippen LogP contribution in [-0.4, -0.2) is 38.6 Å². The number of carbonyl (C=O) groups excluding carboxylic acids is 1. The molecule has 2 N–H and O–H groups in total. The van der Waals surface area contributed by atoms with Crippen LogP contribution in [0.1, 0.15) is 6.42 Å². The van der Waals surface area contributed by atoms with Crippen molar-refractivity contribution in [3.05, 3.63) is 42.5 Å². The molecule has 0 bridgehead atoms. The molecule has 0 spiro atoms. The fraction of sp³-hybridized carbons (Fsp3) is 0.158. The van der Waals surface area contributed by atoms with Crippen LogP contribution in [0.5, 0.6) is 11.5 Å². The van der Waals surface area contributed by atoms with E-state index in [9.17, 15) is 4.79 Å². The molecule has 1 aliphatic rings. The van der Waals surface area contributed by atoms with Crippen molar-refractivity contribution in [2.24, 2.45) is 0 Å². The number of fused-ring (bicyclic) bond motifs is 4. The molecule has 140 valence electrons. The predicted octanol–water partition coefficient (Wildman–Crippen LogP) is 3.36. The minimum Gasteiger partial charge on any atom is -0.454 e. The molecule has 0 aliphatic carbocycles. The smallest absolute Gasteiger partial charge is 0.231 e. The molecule has 0 fully saturated rings. The maximum atomic E-state index is 12.2. The van der Waals surface area contributed by atoms with Crippen LogP contribution in [0.3, 0.4) is 0 Å². The molecule has 1 amide bonds. The first-order chi connectivity index (χ1) is 13.8. The number of ether oxygens (including phenoxy) is 2. The number of hydrogen-bond acceptors (Lipinski definition) is 7. The Labute approximate surface area is 163 Å². The lowest BCUT2D eigenvalue weighted by Gasteiger charge is -2.05. The predicted molar refractivity (Wildman–Crippen MR) is 106 cm³/mol. The molecule has 0 unspecified atom stereocenters. The zero-order valence-corrected chi connectivity index (χ0v) is 15.5. The molecule has 0 saturated carbocycles. The number of para-hydroxylation sites is 1. The summed E-state index contributed by atoms with van der Waals surface area (Å²) in [5.74, 6) is 1.78. The second-order valence-corrected chi connectivity index (χ2v) is 7.24. The van der Waals surface area contributed by atoms with Crippen LogP contribution in [0.25, 0.3) is 22.1 Å². The van der Waals surface area contributed by atoms with Crippen LogP contribution in [0.2, 0.25) is 0 Å². The van der Waals surface area contributed by atoms with Gasteiger partial charge >= 0.3 is 0 Å². The Morgan fingerprint density at radius 1 is 1.14 bits per heavy atom. The number of H-pyrrole nitrogens is 1. The maximum Gasteiger partial charge on any atom is 0.231 e. The number of thioether (sulfide) groups is 1. The second kappa shape index (κ2) is 7.01. The molecule has 0 radical (unpaired) electrons. The normalized spacial score (nSPS) is 12.6. The number of nitrogens with one attached hydrogen (secondary N) is 2. The van der Waals surface area contributed by atoms with Crippen LogP contribution >= 0.6 is 11.8 Å². The van der Waals surface area contributed by atoms with Crippen LogP contribution in [-0.2, 0) is 4.79 Å². The summed E-state index contributed by atoms with van der Waals surface area (Å²) in [6, 6.07) is 13.2. The largest absolute Gasteiger partial charge is 0.454 e. The minimum atomic E-state index is -0.0917. The van der Waals surface area contributed by atoms with Crippen molar-refractivity contribution in [1.82, 2.24) is 20.2 Å². The van der Waals surface area contributed by atoms with E-state index in [-0.39, 0.29) is 12.7 Å². The highest BCUT2D eigenvalue weighted by molar-refractivity contribution is 7.99. The van der Waals surface area contributed by atoms with Crippen molar-refractivity contribution in [3.8, 4) is 11.5 Å². The molecule has 2 aromatic heterocycles. The molecular weight excluding hydrogens is 378 g/mol. The molecule has 2 aromatic carbocycles. The Bertz CT molecular complexity index is 1190. The Hall–Kier alpha value is -3.33. The Balaban J connectivity index is 1.20. The van der Waals surface area contributed by atoms with Gasteiger partial charge in [0.25, 0.3) is 0 Å². The number of benzene rings is 2. The van der Waals surface area contributed by atoms with Gasteiger partial charge in [0.1, 0.15) is 5.52 Å². The average Bonchev–Trinajstić information content (AvgIpc) is 3.31. The fourth-order valence-electron chi connectivity index (χ4n) is 3.00. The Morgan fingerprint density at radius 3 is 3.00 bits per heavy atom. The number of anilines is 1. The summed E-state index contributed by atoms with van der Waals surface area (Å²) in [6.45, 7) is 0.206. The van der Waals surface area contributed by atoms with Gasteiger partial charge in [-0.15, -0.1) is 10.2 Å². The lowest BCUT2D eigenvalue weighted by molar-refractivity contribution is -0.115. The lowest BCUT2D eigenvalue weighted by Crippen LogP contribution is -2.12. The summed E-state index contributed by atoms with van der Waals surface area (Å²) in [5, 5.41) is 12.8. The topological polar surface area (TPSA) is 102 Å². The van der Waals surface area contributed by atoms with Gasteiger partial charge in [-0.05, 0) is 18.2 Å². The summed E-state index contributed by atoms with van der Waals surface area (Å²) in [5.41, 5.74) is 3.10. The first kappa shape index (κ1) is 16.8. The summed E-state index contributed by atoms with van der Waals surface area (Å²) >= 11 is 1.39. The molecule has 1 aliphatic heterocycles. The van der Waals surface area contributed by atoms with E-state index in [4.69, 9.17) is 9.47 Å². The number of rotatable bonds is 5. The van der Waals surface area contributed by atoms with E-state index in [0.717, 1.165) is 16.4 Å². The van der Waals surface area contributed by atoms with Gasteiger partial charge in [-0.2, -0.15) is 0 Å². The van der Waals surface area contributed by atoms with Crippen LogP contribution in [0, 0.1) is 0 Å². The summed E-state index contributed by atoms with van der Waals surface area (Å²) in [4.78, 5) is 19.9. The zero-order chi connectivity index (χ0) is 18.9. The third-order valence-corrected chi connectivity index (χ3v) is 5.16. The molecule has 3 heterocycles. The van der Waals surface area contributed by atoms with Crippen LogP contribution in [0.4, 0.5) is 5.69 Å². The average molecular weight is 393 g/mol. The number of carbonyl (C=O) groups is 1. The molecule has 5 rings (SSSR count). The monoisotopic (exact) mass is 393 g/mol. The van der Waals surface area contributed by atoms with Crippen molar-refractivity contribution in [1.29, 1.82) is 0 Å². The molecular formula is C19H15N5O3S. The van der Waals surface area contributed by atoms with Crippen molar-refractivity contribution >= 4 is 45.4 Å². The molecule has 0 atom stereocenters. The minimum absolute atomic E-state index is 0.0917. The van der Waals surface area contributed by atoms with Gasteiger partial charge in [0, 0.05) is 34.8 Å². The number of hydrogen-bond donors (Lipinski definition) is 2. The van der Waals surface area contributed by atoms with Crippen molar-refractivity contribution in [3.63, 3.8) is 0 Å². The quantitative estimate of drug-likeness (QED) is 0.501. The fourth-order valence-corrected chi connectivity index (χ4v) is 3.72. The van der Waals surface area contributed by atoms with E-state index >= 15 is 0 Å². The standard InChI is InChI=1S/C19H15N5O3S/c25-16(20-11-5-6-14-15(9-11)27-10-26-14)7-8-28-19-22-18-17(23-24-19)12-3-1-2-4-13(12)21-18/h1-6,9H,7-8,10H2,(H,20,25)(H,21,22,24). The second-order valence-electron chi connectivity index (χ2n) is 6.18. The first-order valence-corrected chi connectivity index (χ1v) is 9.68. The van der Waals surface area contributed by atoms with Crippen LogP contribution < -0.4 is 14.8 Å². The molecule has 9 heteroatoms. The van der Waals surface area contributed by atoms with Crippen LogP contribution in [0.15, 0.2) is 47.6 Å². The van der Waals surface area contributed by atoms with Gasteiger partial charge in [0.2, 0.25) is 17.9 Å². The van der Waals surface area contributed by atoms with E-state index in [1.165, 1.54) is 11.8 Å². The third kappa shape index (κ3) is 3.20.